The zero-order valence-corrected chi connectivity index (χ0v) is 19.5. The van der Waals surface area contributed by atoms with Crippen LogP contribution >= 0.6 is 0 Å². The van der Waals surface area contributed by atoms with E-state index in [1.165, 1.54) is 0 Å². The van der Waals surface area contributed by atoms with Crippen LogP contribution in [0.5, 0.6) is 0 Å². The van der Waals surface area contributed by atoms with Crippen LogP contribution in [0.2, 0.25) is 0 Å². The van der Waals surface area contributed by atoms with Crippen molar-refractivity contribution in [3.63, 3.8) is 0 Å². The molecule has 7 nitrogen and oxygen atoms in total. The molecule has 33 heavy (non-hydrogen) atoms. The Morgan fingerprint density at radius 2 is 1.58 bits per heavy atom. The van der Waals surface area contributed by atoms with E-state index in [1.54, 1.807) is 20.4 Å². The third-order valence-electron chi connectivity index (χ3n) is 4.29. The van der Waals surface area contributed by atoms with Crippen LogP contribution in [-0.4, -0.2) is 49.9 Å². The molecule has 1 heterocycles. The Morgan fingerprint density at radius 3 is 2.18 bits per heavy atom. The van der Waals surface area contributed by atoms with Gasteiger partial charge in [0, 0.05) is 27.0 Å². The molecule has 7 heteroatoms. The summed E-state index contributed by atoms with van der Waals surface area (Å²) in [4.78, 5) is 14.8. The lowest BCUT2D eigenvalue weighted by Crippen LogP contribution is -2.21. The third-order valence-corrected chi connectivity index (χ3v) is 4.29. The van der Waals surface area contributed by atoms with Crippen molar-refractivity contribution in [1.29, 1.82) is 0 Å². The van der Waals surface area contributed by atoms with Crippen molar-refractivity contribution < 1.29 is 14.6 Å². The maximum Gasteiger partial charge on any atom is 0.307 e. The molecular weight excluding hydrogens is 416 g/mol. The fourth-order valence-corrected chi connectivity index (χ4v) is 2.82. The maximum absolute atomic E-state index is 10.7. The van der Waals surface area contributed by atoms with Crippen molar-refractivity contribution in [2.75, 3.05) is 44.9 Å². The number of aromatic nitrogens is 1. The molecule has 178 valence electrons. The first-order valence-electron chi connectivity index (χ1n) is 10.9. The second-order valence-electron chi connectivity index (χ2n) is 7.17. The number of methoxy groups -OCH3 is 1. The summed E-state index contributed by atoms with van der Waals surface area (Å²) in [5.74, 6) is -0.279. The van der Waals surface area contributed by atoms with Gasteiger partial charge < -0.3 is 26.2 Å². The highest BCUT2D eigenvalue weighted by molar-refractivity contribution is 5.70. The first-order valence-corrected chi connectivity index (χ1v) is 10.9. The van der Waals surface area contributed by atoms with Crippen LogP contribution in [0, 0.1) is 0 Å². The van der Waals surface area contributed by atoms with Gasteiger partial charge in [0.25, 0.3) is 0 Å². The molecule has 3 aromatic rings. The number of nitrogen functional groups attached to an aromatic ring is 1. The largest absolute Gasteiger partial charge is 0.481 e. The van der Waals surface area contributed by atoms with Crippen LogP contribution in [-0.2, 0) is 22.4 Å². The minimum atomic E-state index is -0.799. The van der Waals surface area contributed by atoms with Crippen molar-refractivity contribution in [1.82, 2.24) is 10.3 Å². The van der Waals surface area contributed by atoms with Crippen LogP contribution in [0.15, 0.2) is 79.0 Å². The molecule has 0 aliphatic heterocycles. The Hall–Kier alpha value is -3.42. The topological polar surface area (TPSA) is 110 Å². The fourth-order valence-electron chi connectivity index (χ4n) is 2.82. The number of carboxylic acids is 1. The van der Waals surface area contributed by atoms with Gasteiger partial charge >= 0.3 is 5.97 Å². The molecule has 0 aliphatic carbocycles. The molecule has 0 saturated heterocycles. The Bertz CT molecular complexity index is 865. The number of nitrogens with two attached hydrogens (primary N) is 1. The smallest absolute Gasteiger partial charge is 0.307 e. The first-order chi connectivity index (χ1) is 16.1. The summed E-state index contributed by atoms with van der Waals surface area (Å²) in [5.41, 5.74) is 8.63. The summed E-state index contributed by atoms with van der Waals surface area (Å²) in [6.45, 7) is 2.60. The van der Waals surface area contributed by atoms with Gasteiger partial charge in [0.15, 0.2) is 0 Å². The number of aliphatic carboxylic acids is 1. The average molecular weight is 453 g/mol. The zero-order chi connectivity index (χ0) is 24.2. The minimum absolute atomic E-state index is 0.0738. The number of pyridine rings is 1. The number of nitrogens with one attached hydrogen (secondary N) is 2. The Labute approximate surface area is 197 Å². The highest BCUT2D eigenvalue weighted by Crippen LogP contribution is 2.12. The summed E-state index contributed by atoms with van der Waals surface area (Å²) in [5, 5.41) is 15.5. The second kappa shape index (κ2) is 18.2. The van der Waals surface area contributed by atoms with Gasteiger partial charge in [-0.1, -0.05) is 60.7 Å². The summed E-state index contributed by atoms with van der Waals surface area (Å²) >= 11 is 0. The number of rotatable bonds is 10. The number of hydrogen-bond donors (Lipinski definition) is 4. The lowest BCUT2D eigenvalue weighted by Gasteiger charge is -2.09. The van der Waals surface area contributed by atoms with Gasteiger partial charge in [-0.3, -0.25) is 4.79 Å². The van der Waals surface area contributed by atoms with Crippen molar-refractivity contribution in [2.24, 2.45) is 0 Å². The van der Waals surface area contributed by atoms with Crippen molar-refractivity contribution in [2.45, 2.75) is 19.3 Å². The molecule has 0 atom stereocenters. The van der Waals surface area contributed by atoms with Gasteiger partial charge in [-0.2, -0.15) is 0 Å². The van der Waals surface area contributed by atoms with E-state index in [0.29, 0.717) is 5.82 Å². The first kappa shape index (κ1) is 27.6. The number of nitrogens with zero attached hydrogens (tertiary/aromatic N) is 1. The molecule has 0 bridgehead atoms. The van der Waals surface area contributed by atoms with Crippen LogP contribution in [0.1, 0.15) is 17.5 Å². The van der Waals surface area contributed by atoms with E-state index < -0.39 is 5.97 Å². The lowest BCUT2D eigenvalue weighted by atomic mass is 10.1. The number of benzene rings is 2. The van der Waals surface area contributed by atoms with Crippen LogP contribution in [0.3, 0.4) is 0 Å². The van der Waals surface area contributed by atoms with Crippen LogP contribution < -0.4 is 16.4 Å². The number of anilines is 2. The van der Waals surface area contributed by atoms with Crippen LogP contribution in [0.4, 0.5) is 11.5 Å². The summed E-state index contributed by atoms with van der Waals surface area (Å²) in [7, 11) is 3.25. The summed E-state index contributed by atoms with van der Waals surface area (Å²) in [6, 6.07) is 23.5. The normalized spacial score (nSPS) is 9.64. The van der Waals surface area contributed by atoms with Crippen molar-refractivity contribution >= 4 is 17.5 Å². The lowest BCUT2D eigenvalue weighted by molar-refractivity contribution is -0.136. The van der Waals surface area contributed by atoms with E-state index in [0.717, 1.165) is 49.3 Å². The Morgan fingerprint density at radius 1 is 0.939 bits per heavy atom. The predicted octanol–water partition coefficient (Wildman–Crippen LogP) is 3.87. The molecular formula is C26H36N4O3. The molecule has 0 fully saturated rings. The quantitative estimate of drug-likeness (QED) is 0.346. The van der Waals surface area contributed by atoms with Gasteiger partial charge in [-0.15, -0.1) is 0 Å². The van der Waals surface area contributed by atoms with E-state index in [-0.39, 0.29) is 6.42 Å². The van der Waals surface area contributed by atoms with Crippen molar-refractivity contribution in [3.8, 4) is 0 Å². The molecule has 0 amide bonds. The maximum atomic E-state index is 10.7. The molecule has 0 unspecified atom stereocenters. The standard InChI is InChI=1S/C18H24N4O2.C6H6.C2H6O/c19-18-16(6-2-9-22-18)21-10-3-8-20-11-7-14-4-1-5-15(12-14)13-17(23)24;1-2-4-6-5-3-1;1-3-2/h1-2,4-6,9,12,20-21H,3,7-8,10-11,13H2,(H2,19,22)(H,23,24);1-6H;1-2H3. The van der Waals surface area contributed by atoms with E-state index in [2.05, 4.69) is 20.4 Å². The summed E-state index contributed by atoms with van der Waals surface area (Å²) < 4.78 is 4.25. The molecule has 5 N–H and O–H groups in total. The second-order valence-corrected chi connectivity index (χ2v) is 7.17. The van der Waals surface area contributed by atoms with Crippen molar-refractivity contribution in [3.05, 3.63) is 90.1 Å². The molecule has 3 rings (SSSR count). The Kier molecular flexibility index (Phi) is 15.2. The Balaban J connectivity index is 0.000000506. The third kappa shape index (κ3) is 14.3. The molecule has 0 radical (unpaired) electrons. The molecule has 0 aliphatic rings. The fraction of sp³-hybridized carbons (Fsp3) is 0.308. The monoisotopic (exact) mass is 452 g/mol. The highest BCUT2D eigenvalue weighted by Gasteiger charge is 2.01. The SMILES string of the molecule is COC.Nc1ncccc1NCCCNCCc1cccc(CC(=O)O)c1.c1ccccc1. The minimum Gasteiger partial charge on any atom is -0.481 e. The van der Waals surface area contributed by atoms with Crippen LogP contribution in [0.25, 0.3) is 0 Å². The van der Waals surface area contributed by atoms with E-state index in [4.69, 9.17) is 10.8 Å². The van der Waals surface area contributed by atoms with Gasteiger partial charge in [0.1, 0.15) is 5.82 Å². The number of carboxylic acid groups (broad SMARTS) is 1. The number of carbonyl (C=O) groups is 1. The predicted molar refractivity (Wildman–Crippen MR) is 135 cm³/mol. The highest BCUT2D eigenvalue weighted by atomic mass is 16.4. The average Bonchev–Trinajstić information content (AvgIpc) is 2.81. The van der Waals surface area contributed by atoms with Gasteiger partial charge in [-0.05, 0) is 49.2 Å². The van der Waals surface area contributed by atoms with Gasteiger partial charge in [0.05, 0.1) is 12.1 Å². The molecule has 1 aromatic heterocycles. The number of hydrogen-bond acceptors (Lipinski definition) is 6. The van der Waals surface area contributed by atoms with E-state index >= 15 is 0 Å². The summed E-state index contributed by atoms with van der Waals surface area (Å²) in [6.07, 6.45) is 3.61. The van der Waals surface area contributed by atoms with E-state index in [1.807, 2.05) is 72.8 Å². The van der Waals surface area contributed by atoms with E-state index in [9.17, 15) is 4.79 Å². The van der Waals surface area contributed by atoms with Gasteiger partial charge in [-0.25, -0.2) is 4.98 Å². The molecule has 2 aromatic carbocycles. The molecule has 0 saturated carbocycles. The van der Waals surface area contributed by atoms with Gasteiger partial charge in [0.2, 0.25) is 0 Å². The number of ether oxygens (including phenoxy) is 1. The zero-order valence-electron chi connectivity index (χ0n) is 19.5. The molecule has 0 spiro atoms.